The molecule has 90 valence electrons. The van der Waals surface area contributed by atoms with Crippen LogP contribution in [-0.4, -0.2) is 12.6 Å². The molecule has 1 atom stereocenters. The van der Waals surface area contributed by atoms with Crippen molar-refractivity contribution in [1.82, 2.24) is 0 Å². The molecule has 0 aliphatic heterocycles. The molecule has 16 heavy (non-hydrogen) atoms. The van der Waals surface area contributed by atoms with Crippen molar-refractivity contribution in [2.75, 3.05) is 11.9 Å². The molecule has 0 radical (unpaired) electrons. The van der Waals surface area contributed by atoms with E-state index in [0.29, 0.717) is 12.6 Å². The third-order valence-corrected chi connectivity index (χ3v) is 3.70. The van der Waals surface area contributed by atoms with E-state index in [1.165, 1.54) is 12.8 Å². The zero-order valence-corrected chi connectivity index (χ0v) is 11.8. The molecule has 1 unspecified atom stereocenters. The molecular formula is C12H18BrClN2. The van der Waals surface area contributed by atoms with E-state index in [1.54, 1.807) is 0 Å². The minimum Gasteiger partial charge on any atom is -0.381 e. The Morgan fingerprint density at radius 1 is 1.50 bits per heavy atom. The van der Waals surface area contributed by atoms with Crippen molar-refractivity contribution in [1.29, 1.82) is 0 Å². The molecule has 0 saturated heterocycles. The van der Waals surface area contributed by atoms with Crippen LogP contribution in [0.2, 0.25) is 5.02 Å². The molecule has 0 saturated carbocycles. The van der Waals surface area contributed by atoms with Crippen LogP contribution in [0, 0.1) is 0 Å². The maximum absolute atomic E-state index is 5.94. The zero-order chi connectivity index (χ0) is 12.0. The van der Waals surface area contributed by atoms with Gasteiger partial charge < -0.3 is 11.1 Å². The molecular weight excluding hydrogens is 288 g/mol. The van der Waals surface area contributed by atoms with Crippen molar-refractivity contribution < 1.29 is 0 Å². The van der Waals surface area contributed by atoms with Gasteiger partial charge in [-0.05, 0) is 40.5 Å². The third-order valence-electron chi connectivity index (χ3n) is 2.48. The van der Waals surface area contributed by atoms with Crippen LogP contribution >= 0.6 is 27.5 Å². The summed E-state index contributed by atoms with van der Waals surface area (Å²) in [5, 5.41) is 4.14. The molecule has 1 aromatic carbocycles. The fourth-order valence-corrected chi connectivity index (χ4v) is 2.02. The van der Waals surface area contributed by atoms with Gasteiger partial charge in [0.05, 0.1) is 5.02 Å². The van der Waals surface area contributed by atoms with Gasteiger partial charge in [0.1, 0.15) is 0 Å². The van der Waals surface area contributed by atoms with Crippen LogP contribution in [0.3, 0.4) is 0 Å². The highest BCUT2D eigenvalue weighted by atomic mass is 79.9. The molecule has 0 spiro atoms. The highest BCUT2D eigenvalue weighted by Crippen LogP contribution is 2.26. The number of benzene rings is 1. The van der Waals surface area contributed by atoms with Crippen molar-refractivity contribution in [2.45, 2.75) is 32.2 Å². The van der Waals surface area contributed by atoms with Crippen LogP contribution in [0.5, 0.6) is 0 Å². The van der Waals surface area contributed by atoms with E-state index in [0.717, 1.165) is 21.6 Å². The maximum atomic E-state index is 5.94. The van der Waals surface area contributed by atoms with Gasteiger partial charge in [0, 0.05) is 22.7 Å². The lowest BCUT2D eigenvalue weighted by atomic mass is 10.1. The Bertz CT molecular complexity index is 331. The largest absolute Gasteiger partial charge is 0.381 e. The SMILES string of the molecule is CCCCC(CN)Nc1ccc(Cl)c(Br)c1. The van der Waals surface area contributed by atoms with Crippen molar-refractivity contribution in [3.8, 4) is 0 Å². The third kappa shape index (κ3) is 4.32. The number of unbranched alkanes of at least 4 members (excludes halogenated alkanes) is 1. The first-order valence-electron chi connectivity index (χ1n) is 5.59. The molecule has 1 rings (SSSR count). The van der Waals surface area contributed by atoms with Crippen LogP contribution in [-0.2, 0) is 0 Å². The number of hydrogen-bond acceptors (Lipinski definition) is 2. The first-order chi connectivity index (χ1) is 7.67. The molecule has 0 fully saturated rings. The Morgan fingerprint density at radius 2 is 2.25 bits per heavy atom. The van der Waals surface area contributed by atoms with Crippen LogP contribution in [0.25, 0.3) is 0 Å². The Kier molecular flexibility index (Phi) is 6.17. The average Bonchev–Trinajstić information content (AvgIpc) is 2.29. The zero-order valence-electron chi connectivity index (χ0n) is 9.47. The Balaban J connectivity index is 2.59. The lowest BCUT2D eigenvalue weighted by molar-refractivity contribution is 0.614. The van der Waals surface area contributed by atoms with Crippen molar-refractivity contribution in [3.05, 3.63) is 27.7 Å². The van der Waals surface area contributed by atoms with Gasteiger partial charge in [0.2, 0.25) is 0 Å². The molecule has 0 aliphatic rings. The topological polar surface area (TPSA) is 38.0 Å². The predicted octanol–water partition coefficient (Wildman–Crippen LogP) is 4.03. The first kappa shape index (κ1) is 13.8. The van der Waals surface area contributed by atoms with Gasteiger partial charge in [-0.2, -0.15) is 0 Å². The van der Waals surface area contributed by atoms with Gasteiger partial charge in [0.15, 0.2) is 0 Å². The number of nitrogens with two attached hydrogens (primary N) is 1. The summed E-state index contributed by atoms with van der Waals surface area (Å²) < 4.78 is 0.908. The first-order valence-corrected chi connectivity index (χ1v) is 6.76. The van der Waals surface area contributed by atoms with E-state index >= 15 is 0 Å². The summed E-state index contributed by atoms with van der Waals surface area (Å²) in [6.07, 6.45) is 3.50. The number of rotatable bonds is 6. The number of halogens is 2. The van der Waals surface area contributed by atoms with Gasteiger partial charge in [0.25, 0.3) is 0 Å². The van der Waals surface area contributed by atoms with E-state index in [-0.39, 0.29) is 0 Å². The average molecular weight is 306 g/mol. The van der Waals surface area contributed by atoms with E-state index in [4.69, 9.17) is 17.3 Å². The highest BCUT2D eigenvalue weighted by Gasteiger charge is 2.06. The van der Waals surface area contributed by atoms with Gasteiger partial charge in [-0.1, -0.05) is 31.4 Å². The summed E-state index contributed by atoms with van der Waals surface area (Å²) in [6.45, 7) is 2.84. The Labute approximate surface area is 111 Å². The van der Waals surface area contributed by atoms with Gasteiger partial charge in [-0.25, -0.2) is 0 Å². The number of anilines is 1. The molecule has 2 nitrogen and oxygen atoms in total. The molecule has 0 aromatic heterocycles. The van der Waals surface area contributed by atoms with E-state index in [9.17, 15) is 0 Å². The lowest BCUT2D eigenvalue weighted by Gasteiger charge is -2.18. The Morgan fingerprint density at radius 3 is 2.81 bits per heavy atom. The molecule has 4 heteroatoms. The van der Waals surface area contributed by atoms with Gasteiger partial charge in [-0.15, -0.1) is 0 Å². The normalized spacial score (nSPS) is 12.5. The fraction of sp³-hybridized carbons (Fsp3) is 0.500. The van der Waals surface area contributed by atoms with Gasteiger partial charge in [-0.3, -0.25) is 0 Å². The van der Waals surface area contributed by atoms with Gasteiger partial charge >= 0.3 is 0 Å². The van der Waals surface area contributed by atoms with Crippen LogP contribution < -0.4 is 11.1 Å². The molecule has 3 N–H and O–H groups in total. The van der Waals surface area contributed by atoms with E-state index in [2.05, 4.69) is 28.2 Å². The van der Waals surface area contributed by atoms with Crippen LogP contribution in [0.15, 0.2) is 22.7 Å². The van der Waals surface area contributed by atoms with E-state index in [1.807, 2.05) is 18.2 Å². The number of hydrogen-bond donors (Lipinski definition) is 2. The molecule has 0 aliphatic carbocycles. The minimum atomic E-state index is 0.341. The second-order valence-corrected chi connectivity index (χ2v) is 5.11. The maximum Gasteiger partial charge on any atom is 0.0549 e. The minimum absolute atomic E-state index is 0.341. The summed E-state index contributed by atoms with van der Waals surface area (Å²) in [4.78, 5) is 0. The van der Waals surface area contributed by atoms with Crippen molar-refractivity contribution in [2.24, 2.45) is 5.73 Å². The quantitative estimate of drug-likeness (QED) is 0.832. The standard InChI is InChI=1S/C12H18BrClN2/c1-2-3-4-10(8-15)16-9-5-6-12(14)11(13)7-9/h5-7,10,16H,2-4,8,15H2,1H3. The van der Waals surface area contributed by atoms with E-state index < -0.39 is 0 Å². The molecule has 0 heterocycles. The smallest absolute Gasteiger partial charge is 0.0549 e. The lowest BCUT2D eigenvalue weighted by Crippen LogP contribution is -2.28. The predicted molar refractivity (Wildman–Crippen MR) is 75.1 cm³/mol. The second kappa shape index (κ2) is 7.15. The fourth-order valence-electron chi connectivity index (χ4n) is 1.52. The van der Waals surface area contributed by atoms with Crippen LogP contribution in [0.4, 0.5) is 5.69 Å². The highest BCUT2D eigenvalue weighted by molar-refractivity contribution is 9.10. The monoisotopic (exact) mass is 304 g/mol. The summed E-state index contributed by atoms with van der Waals surface area (Å²) >= 11 is 9.34. The molecule has 1 aromatic rings. The second-order valence-electron chi connectivity index (χ2n) is 3.85. The van der Waals surface area contributed by atoms with Crippen molar-refractivity contribution in [3.63, 3.8) is 0 Å². The van der Waals surface area contributed by atoms with Crippen LogP contribution in [0.1, 0.15) is 26.2 Å². The summed E-state index contributed by atoms with van der Waals surface area (Å²) in [5.41, 5.74) is 6.79. The summed E-state index contributed by atoms with van der Waals surface area (Å²) in [6, 6.07) is 6.17. The number of nitrogens with one attached hydrogen (secondary N) is 1. The molecule has 0 bridgehead atoms. The van der Waals surface area contributed by atoms with Crippen molar-refractivity contribution >= 4 is 33.2 Å². The molecule has 0 amide bonds. The Hall–Kier alpha value is -0.250. The summed E-state index contributed by atoms with van der Waals surface area (Å²) in [7, 11) is 0. The summed E-state index contributed by atoms with van der Waals surface area (Å²) in [5.74, 6) is 0.